The van der Waals surface area contributed by atoms with Crippen molar-refractivity contribution in [2.45, 2.75) is 6.04 Å². The second kappa shape index (κ2) is 4.87. The highest BCUT2D eigenvalue weighted by molar-refractivity contribution is 6.59. The van der Waals surface area contributed by atoms with Crippen molar-refractivity contribution in [2.24, 2.45) is 0 Å². The summed E-state index contributed by atoms with van der Waals surface area (Å²) in [6.45, 7) is 2.72. The minimum atomic E-state index is -2.36. The molecule has 1 radical (unpaired) electrons. The summed E-state index contributed by atoms with van der Waals surface area (Å²) >= 11 is 0. The van der Waals surface area contributed by atoms with E-state index in [2.05, 4.69) is 10.6 Å². The van der Waals surface area contributed by atoms with E-state index in [1.165, 1.54) is 0 Å². The number of benzene rings is 1. The van der Waals surface area contributed by atoms with E-state index < -0.39 is 9.28 Å². The van der Waals surface area contributed by atoms with Crippen LogP contribution in [0.5, 0.6) is 0 Å². The van der Waals surface area contributed by atoms with Gasteiger partial charge in [-0.25, -0.2) is 0 Å². The Morgan fingerprint density at radius 1 is 1.20 bits per heavy atom. The van der Waals surface area contributed by atoms with Crippen molar-refractivity contribution in [3.63, 3.8) is 0 Å². The van der Waals surface area contributed by atoms with Crippen LogP contribution in [0.15, 0.2) is 24.3 Å². The number of hydrogen-bond acceptors (Lipinski definition) is 4. The number of nitrogens with one attached hydrogen (secondary N) is 2. The average Bonchev–Trinajstić information content (AvgIpc) is 2.30. The molecule has 81 valence electrons. The molecule has 1 aromatic carbocycles. The topological polar surface area (TPSA) is 64.5 Å². The van der Waals surface area contributed by atoms with E-state index in [0.717, 1.165) is 25.2 Å². The molecule has 1 aliphatic rings. The van der Waals surface area contributed by atoms with Crippen LogP contribution in [0, 0.1) is 0 Å². The molecule has 1 unspecified atom stereocenters. The maximum Gasteiger partial charge on any atom is 0.418 e. The van der Waals surface area contributed by atoms with Gasteiger partial charge in [0.2, 0.25) is 0 Å². The lowest BCUT2D eigenvalue weighted by atomic mass is 10.1. The summed E-state index contributed by atoms with van der Waals surface area (Å²) in [6, 6.07) is 7.71. The Morgan fingerprint density at radius 3 is 2.67 bits per heavy atom. The molecule has 4 nitrogen and oxygen atoms in total. The molecular weight excluding hydrogens is 208 g/mol. The Hall–Kier alpha value is -0.723. The van der Waals surface area contributed by atoms with Crippen LogP contribution in [0.25, 0.3) is 0 Å². The minimum absolute atomic E-state index is 0.189. The second-order valence-corrected chi connectivity index (χ2v) is 4.81. The van der Waals surface area contributed by atoms with Gasteiger partial charge in [0.25, 0.3) is 0 Å². The Kier molecular flexibility index (Phi) is 3.50. The van der Waals surface area contributed by atoms with Crippen molar-refractivity contribution < 1.29 is 9.59 Å². The molecular formula is C10H15N2O2Si. The van der Waals surface area contributed by atoms with Gasteiger partial charge in [0.1, 0.15) is 0 Å². The molecule has 0 aliphatic carbocycles. The Bertz CT molecular complexity index is 327. The van der Waals surface area contributed by atoms with E-state index in [0.29, 0.717) is 5.19 Å². The van der Waals surface area contributed by atoms with E-state index >= 15 is 0 Å². The first-order valence-electron chi connectivity index (χ1n) is 5.07. The fourth-order valence-corrected chi connectivity index (χ4v) is 2.64. The highest BCUT2D eigenvalue weighted by atomic mass is 28.3. The van der Waals surface area contributed by atoms with Crippen LogP contribution >= 0.6 is 0 Å². The molecule has 0 saturated carbocycles. The predicted molar refractivity (Wildman–Crippen MR) is 59.9 cm³/mol. The van der Waals surface area contributed by atoms with Crippen LogP contribution < -0.4 is 15.8 Å². The summed E-state index contributed by atoms with van der Waals surface area (Å²) in [5, 5.41) is 7.33. The molecule has 5 heteroatoms. The van der Waals surface area contributed by atoms with Gasteiger partial charge in [-0.3, -0.25) is 0 Å². The Morgan fingerprint density at radius 2 is 2.00 bits per heavy atom. The minimum Gasteiger partial charge on any atom is -0.406 e. The molecule has 1 fully saturated rings. The van der Waals surface area contributed by atoms with Crippen LogP contribution in [0.4, 0.5) is 0 Å². The molecule has 4 N–H and O–H groups in total. The number of piperazine rings is 1. The average molecular weight is 223 g/mol. The quantitative estimate of drug-likeness (QED) is 0.466. The molecule has 0 spiro atoms. The molecule has 1 atom stereocenters. The van der Waals surface area contributed by atoms with Crippen LogP contribution in [-0.2, 0) is 0 Å². The standard InChI is InChI=1S/C10H15N2O2Si/c13-15(14)10-4-2-1-3-8(10)9-7-11-5-6-12-9/h1-4,9,11-14H,5-7H2. The molecule has 1 aliphatic heterocycles. The lowest BCUT2D eigenvalue weighted by molar-refractivity contribution is 0.416. The van der Waals surface area contributed by atoms with Crippen LogP contribution in [0.1, 0.15) is 11.6 Å². The zero-order valence-corrected chi connectivity index (χ0v) is 9.40. The SMILES string of the molecule is O[Si](O)c1ccccc1C1CNCCN1. The third-order valence-electron chi connectivity index (χ3n) is 2.62. The first-order chi connectivity index (χ1) is 7.29. The first-order valence-corrected chi connectivity index (χ1v) is 6.47. The van der Waals surface area contributed by atoms with Crippen molar-refractivity contribution in [3.8, 4) is 0 Å². The fraction of sp³-hybridized carbons (Fsp3) is 0.400. The van der Waals surface area contributed by atoms with Crippen molar-refractivity contribution in [2.75, 3.05) is 19.6 Å². The number of rotatable bonds is 2. The van der Waals surface area contributed by atoms with E-state index in [1.54, 1.807) is 6.07 Å². The van der Waals surface area contributed by atoms with Gasteiger partial charge in [-0.15, -0.1) is 0 Å². The van der Waals surface area contributed by atoms with Crippen LogP contribution in [0.3, 0.4) is 0 Å². The summed E-state index contributed by atoms with van der Waals surface area (Å²) in [4.78, 5) is 18.7. The lowest BCUT2D eigenvalue weighted by Gasteiger charge is -2.26. The van der Waals surface area contributed by atoms with Gasteiger partial charge in [0.05, 0.1) is 0 Å². The highest BCUT2D eigenvalue weighted by Gasteiger charge is 2.21. The van der Waals surface area contributed by atoms with Crippen molar-refractivity contribution >= 4 is 14.5 Å². The third kappa shape index (κ3) is 2.45. The van der Waals surface area contributed by atoms with Gasteiger partial charge in [-0.1, -0.05) is 24.3 Å². The van der Waals surface area contributed by atoms with Gasteiger partial charge >= 0.3 is 9.28 Å². The van der Waals surface area contributed by atoms with Crippen molar-refractivity contribution in [3.05, 3.63) is 29.8 Å². The highest BCUT2D eigenvalue weighted by Crippen LogP contribution is 2.11. The van der Waals surface area contributed by atoms with Gasteiger partial charge in [0, 0.05) is 30.9 Å². The molecule has 15 heavy (non-hydrogen) atoms. The van der Waals surface area contributed by atoms with Gasteiger partial charge in [-0.2, -0.15) is 0 Å². The van der Waals surface area contributed by atoms with E-state index in [9.17, 15) is 9.59 Å². The van der Waals surface area contributed by atoms with Crippen molar-refractivity contribution in [1.82, 2.24) is 10.6 Å². The summed E-state index contributed by atoms with van der Waals surface area (Å²) in [7, 11) is -2.36. The molecule has 0 amide bonds. The Balaban J connectivity index is 2.25. The van der Waals surface area contributed by atoms with E-state index in [1.807, 2.05) is 18.2 Å². The molecule has 1 aromatic rings. The summed E-state index contributed by atoms with van der Waals surface area (Å²) < 4.78 is 0. The van der Waals surface area contributed by atoms with Crippen molar-refractivity contribution in [1.29, 1.82) is 0 Å². The monoisotopic (exact) mass is 223 g/mol. The smallest absolute Gasteiger partial charge is 0.406 e. The van der Waals surface area contributed by atoms with E-state index in [4.69, 9.17) is 0 Å². The summed E-state index contributed by atoms with van der Waals surface area (Å²) in [5.41, 5.74) is 1.00. The van der Waals surface area contributed by atoms with Crippen LogP contribution in [0.2, 0.25) is 0 Å². The second-order valence-electron chi connectivity index (χ2n) is 3.62. The fourth-order valence-electron chi connectivity index (χ4n) is 1.88. The third-order valence-corrected chi connectivity index (χ3v) is 3.56. The van der Waals surface area contributed by atoms with E-state index in [-0.39, 0.29) is 6.04 Å². The molecule has 1 saturated heterocycles. The predicted octanol–water partition coefficient (Wildman–Crippen LogP) is -1.40. The maximum atomic E-state index is 9.34. The summed E-state index contributed by atoms with van der Waals surface area (Å²) in [6.07, 6.45) is 0. The largest absolute Gasteiger partial charge is 0.418 e. The van der Waals surface area contributed by atoms with Gasteiger partial charge in [0.15, 0.2) is 0 Å². The number of hydrogen-bond donors (Lipinski definition) is 4. The summed E-state index contributed by atoms with van der Waals surface area (Å²) in [5.74, 6) is 0. The normalized spacial score (nSPS) is 21.9. The maximum absolute atomic E-state index is 9.34. The Labute approximate surface area is 90.8 Å². The first kappa shape index (κ1) is 10.8. The zero-order chi connectivity index (χ0) is 10.7. The molecule has 1 heterocycles. The van der Waals surface area contributed by atoms with Gasteiger partial charge in [-0.05, 0) is 5.56 Å². The zero-order valence-electron chi connectivity index (χ0n) is 8.40. The molecule has 0 bridgehead atoms. The lowest BCUT2D eigenvalue weighted by Crippen LogP contribution is -2.46. The molecule has 0 aromatic heterocycles. The molecule has 2 rings (SSSR count). The van der Waals surface area contributed by atoms with Crippen LogP contribution in [-0.4, -0.2) is 38.5 Å². The van der Waals surface area contributed by atoms with Gasteiger partial charge < -0.3 is 20.2 Å².